The number of anilines is 2. The van der Waals surface area contributed by atoms with Crippen LogP contribution < -0.4 is 11.1 Å². The van der Waals surface area contributed by atoms with Crippen molar-refractivity contribution in [3.05, 3.63) is 18.2 Å². The summed E-state index contributed by atoms with van der Waals surface area (Å²) in [6.07, 6.45) is 0. The zero-order valence-corrected chi connectivity index (χ0v) is 7.76. The molecule has 0 aliphatic rings. The van der Waals surface area contributed by atoms with Crippen molar-refractivity contribution in [2.24, 2.45) is 0 Å². The molecule has 0 bridgehead atoms. The Morgan fingerprint density at radius 1 is 1.46 bits per heavy atom. The Morgan fingerprint density at radius 2 is 2.08 bits per heavy atom. The van der Waals surface area contributed by atoms with E-state index in [1.54, 1.807) is 13.1 Å². The van der Waals surface area contributed by atoms with Gasteiger partial charge in [0.05, 0.1) is 4.90 Å². The third kappa shape index (κ3) is 2.10. The first-order valence-electron chi connectivity index (χ1n) is 3.48. The highest BCUT2D eigenvalue weighted by Crippen LogP contribution is 2.21. The maximum Gasteiger partial charge on any atom is 0.126 e. The van der Waals surface area contributed by atoms with Crippen molar-refractivity contribution in [2.45, 2.75) is 4.90 Å². The molecule has 0 aromatic heterocycles. The minimum atomic E-state index is -4.48. The minimum absolute atomic E-state index is 0.0333. The van der Waals surface area contributed by atoms with Gasteiger partial charge < -0.3 is 15.6 Å². The highest BCUT2D eigenvalue weighted by atomic mass is 32.2. The molecule has 0 aliphatic heterocycles. The molecule has 0 atom stereocenters. The van der Waals surface area contributed by atoms with Gasteiger partial charge in [-0.05, 0) is 18.2 Å². The van der Waals surface area contributed by atoms with Crippen LogP contribution in [0, 0.1) is 0 Å². The van der Waals surface area contributed by atoms with Gasteiger partial charge in [0.15, 0.2) is 0 Å². The highest BCUT2D eigenvalue weighted by molar-refractivity contribution is 7.86. The van der Waals surface area contributed by atoms with Crippen molar-refractivity contribution in [3.63, 3.8) is 0 Å². The molecule has 0 radical (unpaired) electrons. The topological polar surface area (TPSA) is 95.2 Å². The average molecular weight is 201 g/mol. The van der Waals surface area contributed by atoms with Gasteiger partial charge >= 0.3 is 0 Å². The Labute approximate surface area is 76.3 Å². The van der Waals surface area contributed by atoms with Gasteiger partial charge in [-0.3, -0.25) is 0 Å². The summed E-state index contributed by atoms with van der Waals surface area (Å²) in [7, 11) is -2.86. The number of nitrogens with two attached hydrogens (primary N) is 1. The van der Waals surface area contributed by atoms with Gasteiger partial charge in [-0.15, -0.1) is 0 Å². The Bertz CT molecular complexity index is 414. The lowest BCUT2D eigenvalue weighted by atomic mass is 10.3. The third-order valence-electron chi connectivity index (χ3n) is 1.57. The van der Waals surface area contributed by atoms with Crippen LogP contribution in [0.1, 0.15) is 0 Å². The second-order valence-corrected chi connectivity index (χ2v) is 3.80. The first kappa shape index (κ1) is 9.82. The zero-order valence-electron chi connectivity index (χ0n) is 6.94. The molecule has 1 aromatic carbocycles. The molecule has 0 spiro atoms. The fourth-order valence-corrected chi connectivity index (χ4v) is 1.53. The van der Waals surface area contributed by atoms with E-state index in [0.29, 0.717) is 5.69 Å². The van der Waals surface area contributed by atoms with Gasteiger partial charge in [0.1, 0.15) is 10.1 Å². The SMILES string of the molecule is CNc1ccc(N)c(S(=O)(=O)[O-])c1. The first-order chi connectivity index (χ1) is 5.95. The number of hydrogen-bond acceptors (Lipinski definition) is 5. The van der Waals surface area contributed by atoms with E-state index in [-0.39, 0.29) is 10.6 Å². The Morgan fingerprint density at radius 3 is 2.54 bits per heavy atom. The van der Waals surface area contributed by atoms with Crippen LogP contribution in [0.4, 0.5) is 11.4 Å². The minimum Gasteiger partial charge on any atom is -0.744 e. The predicted octanol–water partition coefficient (Wildman–Crippen LogP) is 0.215. The number of hydrogen-bond donors (Lipinski definition) is 2. The lowest BCUT2D eigenvalue weighted by molar-refractivity contribution is 0.463. The van der Waals surface area contributed by atoms with E-state index in [1.165, 1.54) is 12.1 Å². The molecule has 3 N–H and O–H groups in total. The van der Waals surface area contributed by atoms with E-state index >= 15 is 0 Å². The Balaban J connectivity index is 3.36. The van der Waals surface area contributed by atoms with Crippen molar-refractivity contribution in [1.82, 2.24) is 0 Å². The largest absolute Gasteiger partial charge is 0.744 e. The van der Waals surface area contributed by atoms with E-state index in [0.717, 1.165) is 0 Å². The summed E-state index contributed by atoms with van der Waals surface area (Å²) >= 11 is 0. The summed E-state index contributed by atoms with van der Waals surface area (Å²) < 4.78 is 32.0. The number of nitrogens with one attached hydrogen (secondary N) is 1. The van der Waals surface area contributed by atoms with E-state index in [2.05, 4.69) is 5.32 Å². The molecule has 0 fully saturated rings. The van der Waals surface area contributed by atoms with E-state index in [1.807, 2.05) is 0 Å². The summed E-state index contributed by atoms with van der Waals surface area (Å²) in [5.41, 5.74) is 5.82. The van der Waals surface area contributed by atoms with E-state index in [9.17, 15) is 13.0 Å². The van der Waals surface area contributed by atoms with Crippen molar-refractivity contribution in [1.29, 1.82) is 0 Å². The second kappa shape index (κ2) is 3.23. The van der Waals surface area contributed by atoms with Crippen LogP contribution in [0.25, 0.3) is 0 Å². The molecule has 72 valence electrons. The van der Waals surface area contributed by atoms with Gasteiger partial charge in [-0.1, -0.05) is 0 Å². The lowest BCUT2D eigenvalue weighted by Crippen LogP contribution is -2.04. The molecule has 6 heteroatoms. The maximum atomic E-state index is 10.7. The van der Waals surface area contributed by atoms with Gasteiger partial charge in [0, 0.05) is 18.4 Å². The highest BCUT2D eigenvalue weighted by Gasteiger charge is 2.06. The van der Waals surface area contributed by atoms with Crippen LogP contribution >= 0.6 is 0 Å². The molecule has 1 rings (SSSR count). The molecule has 5 nitrogen and oxygen atoms in total. The standard InChI is InChI=1S/C7H10N2O3S/c1-9-5-2-3-6(8)7(4-5)13(10,11)12/h2-4,9H,8H2,1H3,(H,10,11,12)/p-1. The van der Waals surface area contributed by atoms with Crippen LogP contribution in [0.5, 0.6) is 0 Å². The number of rotatable bonds is 2. The molecule has 0 heterocycles. The van der Waals surface area contributed by atoms with Crippen LogP contribution in [-0.4, -0.2) is 20.0 Å². The molecule has 13 heavy (non-hydrogen) atoms. The van der Waals surface area contributed by atoms with Gasteiger partial charge in [0.25, 0.3) is 0 Å². The molecule has 0 amide bonds. The predicted molar refractivity (Wildman–Crippen MR) is 48.4 cm³/mol. The molecular formula is C7H9N2O3S-. The number of nitrogen functional groups attached to an aromatic ring is 1. The molecular weight excluding hydrogens is 192 g/mol. The summed E-state index contributed by atoms with van der Waals surface area (Å²) in [5, 5.41) is 2.71. The normalized spacial score (nSPS) is 11.2. The zero-order chi connectivity index (χ0) is 10.1. The Kier molecular flexibility index (Phi) is 2.44. The van der Waals surface area contributed by atoms with Crippen LogP contribution in [-0.2, 0) is 10.1 Å². The van der Waals surface area contributed by atoms with Crippen LogP contribution in [0.15, 0.2) is 23.1 Å². The van der Waals surface area contributed by atoms with Crippen LogP contribution in [0.3, 0.4) is 0 Å². The monoisotopic (exact) mass is 201 g/mol. The summed E-state index contributed by atoms with van der Waals surface area (Å²) in [6, 6.07) is 4.16. The molecule has 1 aromatic rings. The summed E-state index contributed by atoms with van der Waals surface area (Å²) in [4.78, 5) is -0.389. The van der Waals surface area contributed by atoms with Gasteiger partial charge in [-0.2, -0.15) is 0 Å². The quantitative estimate of drug-likeness (QED) is 0.527. The molecule has 0 saturated carbocycles. The fraction of sp³-hybridized carbons (Fsp3) is 0.143. The van der Waals surface area contributed by atoms with Gasteiger partial charge in [0.2, 0.25) is 0 Å². The summed E-state index contributed by atoms with van der Waals surface area (Å²) in [5.74, 6) is 0. The Hall–Kier alpha value is -1.27. The number of benzene rings is 1. The van der Waals surface area contributed by atoms with Crippen molar-refractivity contribution < 1.29 is 13.0 Å². The van der Waals surface area contributed by atoms with E-state index in [4.69, 9.17) is 5.73 Å². The maximum absolute atomic E-state index is 10.7. The lowest BCUT2D eigenvalue weighted by Gasteiger charge is -2.11. The first-order valence-corrected chi connectivity index (χ1v) is 4.89. The molecule has 0 unspecified atom stereocenters. The van der Waals surface area contributed by atoms with Crippen molar-refractivity contribution in [3.8, 4) is 0 Å². The third-order valence-corrected chi connectivity index (χ3v) is 2.46. The average Bonchev–Trinajstić information content (AvgIpc) is 2.03. The van der Waals surface area contributed by atoms with E-state index < -0.39 is 10.1 Å². The van der Waals surface area contributed by atoms with Crippen LogP contribution in [0.2, 0.25) is 0 Å². The fourth-order valence-electron chi connectivity index (χ4n) is 0.906. The van der Waals surface area contributed by atoms with Crippen molar-refractivity contribution >= 4 is 21.5 Å². The molecule has 0 aliphatic carbocycles. The van der Waals surface area contributed by atoms with Gasteiger partial charge in [-0.25, -0.2) is 8.42 Å². The second-order valence-electron chi connectivity index (χ2n) is 2.46. The molecule has 0 saturated heterocycles. The smallest absolute Gasteiger partial charge is 0.126 e. The summed E-state index contributed by atoms with van der Waals surface area (Å²) in [6.45, 7) is 0. The van der Waals surface area contributed by atoms with Crippen molar-refractivity contribution in [2.75, 3.05) is 18.1 Å².